The Hall–Kier alpha value is -0.740. The summed E-state index contributed by atoms with van der Waals surface area (Å²) in [5.74, 6) is 0.874. The van der Waals surface area contributed by atoms with Crippen molar-refractivity contribution in [1.82, 2.24) is 15.8 Å². The van der Waals surface area contributed by atoms with E-state index in [1.54, 1.807) is 0 Å². The molecule has 1 aliphatic heterocycles. The van der Waals surface area contributed by atoms with Crippen LogP contribution in [0.3, 0.4) is 0 Å². The fraction of sp³-hybridized carbons (Fsp3) is 0.818. The largest absolute Gasteiger partial charge is 0.369 e. The molecule has 0 saturated carbocycles. The quantitative estimate of drug-likeness (QED) is 0.677. The number of nitrogens with one attached hydrogen (secondary N) is 2. The van der Waals surface area contributed by atoms with Crippen molar-refractivity contribution < 1.29 is 4.74 Å². The van der Waals surface area contributed by atoms with Crippen molar-refractivity contribution in [2.24, 2.45) is 0 Å². The molecular weight excluding hydrogens is 190 g/mol. The molecule has 0 spiro atoms. The van der Waals surface area contributed by atoms with E-state index in [1.165, 1.54) is 6.42 Å². The van der Waals surface area contributed by atoms with E-state index >= 15 is 0 Å². The van der Waals surface area contributed by atoms with Crippen molar-refractivity contribution in [3.8, 4) is 0 Å². The van der Waals surface area contributed by atoms with E-state index in [1.807, 2.05) is 12.1 Å². The second-order valence-electron chi connectivity index (χ2n) is 4.16. The topological polar surface area (TPSA) is 36.5 Å². The highest BCUT2D eigenvalue weighted by molar-refractivity contribution is 4.92. The Balaban J connectivity index is 2.49. The average molecular weight is 213 g/mol. The highest BCUT2D eigenvalue weighted by Crippen LogP contribution is 2.17. The molecule has 0 amide bonds. The SMILES string of the molecule is C=C(NC(C)C)N(NC)C1CCCCO1. The highest BCUT2D eigenvalue weighted by atomic mass is 16.5. The Bertz CT molecular complexity index is 200. The highest BCUT2D eigenvalue weighted by Gasteiger charge is 2.22. The van der Waals surface area contributed by atoms with Crippen molar-refractivity contribution in [2.75, 3.05) is 13.7 Å². The predicted molar refractivity (Wildman–Crippen MR) is 61.9 cm³/mol. The standard InChI is InChI=1S/C11H23N3O/c1-9(2)13-10(3)14(12-4)11-7-5-6-8-15-11/h9,11-13H,3,5-8H2,1-2,4H3. The molecule has 1 aliphatic rings. The fourth-order valence-corrected chi connectivity index (χ4v) is 1.78. The van der Waals surface area contributed by atoms with Gasteiger partial charge in [-0.15, -0.1) is 0 Å². The van der Waals surface area contributed by atoms with Gasteiger partial charge in [0.15, 0.2) is 0 Å². The summed E-state index contributed by atoms with van der Waals surface area (Å²) in [5.41, 5.74) is 3.12. The summed E-state index contributed by atoms with van der Waals surface area (Å²) in [7, 11) is 1.89. The van der Waals surface area contributed by atoms with Gasteiger partial charge < -0.3 is 10.1 Å². The molecule has 0 bridgehead atoms. The van der Waals surface area contributed by atoms with E-state index in [-0.39, 0.29) is 6.23 Å². The third kappa shape index (κ3) is 3.72. The van der Waals surface area contributed by atoms with Crippen LogP contribution in [0.15, 0.2) is 12.4 Å². The summed E-state index contributed by atoms with van der Waals surface area (Å²) >= 11 is 0. The van der Waals surface area contributed by atoms with E-state index in [0.29, 0.717) is 6.04 Å². The molecule has 0 aromatic carbocycles. The van der Waals surface area contributed by atoms with Crippen molar-refractivity contribution in [2.45, 2.75) is 45.4 Å². The van der Waals surface area contributed by atoms with Gasteiger partial charge in [-0.05, 0) is 33.1 Å². The number of hydrogen-bond acceptors (Lipinski definition) is 4. The lowest BCUT2D eigenvalue weighted by molar-refractivity contribution is -0.0909. The summed E-state index contributed by atoms with van der Waals surface area (Å²) in [6.07, 6.45) is 3.55. The molecule has 15 heavy (non-hydrogen) atoms. The van der Waals surface area contributed by atoms with Crippen LogP contribution in [0.4, 0.5) is 0 Å². The van der Waals surface area contributed by atoms with Gasteiger partial charge in [0.25, 0.3) is 0 Å². The first-order chi connectivity index (χ1) is 7.15. The molecule has 4 nitrogen and oxygen atoms in total. The molecule has 1 saturated heterocycles. The van der Waals surface area contributed by atoms with Crippen LogP contribution in [0.25, 0.3) is 0 Å². The number of nitrogens with zero attached hydrogens (tertiary/aromatic N) is 1. The summed E-state index contributed by atoms with van der Waals surface area (Å²) in [6, 6.07) is 0.386. The number of ether oxygens (including phenoxy) is 1. The minimum Gasteiger partial charge on any atom is -0.369 e. The lowest BCUT2D eigenvalue weighted by atomic mass is 10.2. The van der Waals surface area contributed by atoms with Crippen molar-refractivity contribution in [3.63, 3.8) is 0 Å². The fourth-order valence-electron chi connectivity index (χ4n) is 1.78. The van der Waals surface area contributed by atoms with E-state index in [2.05, 4.69) is 31.2 Å². The van der Waals surface area contributed by atoms with Crippen LogP contribution in [-0.2, 0) is 4.74 Å². The molecule has 0 radical (unpaired) electrons. The Kier molecular flexibility index (Phi) is 4.91. The zero-order valence-corrected chi connectivity index (χ0v) is 10.0. The summed E-state index contributed by atoms with van der Waals surface area (Å²) in [5, 5.41) is 5.25. The minimum atomic E-state index is 0.113. The molecule has 1 atom stereocenters. The Morgan fingerprint density at radius 3 is 2.67 bits per heavy atom. The van der Waals surface area contributed by atoms with Gasteiger partial charge in [0.1, 0.15) is 12.0 Å². The van der Waals surface area contributed by atoms with Gasteiger partial charge in [-0.3, -0.25) is 5.01 Å². The van der Waals surface area contributed by atoms with Crippen molar-refractivity contribution >= 4 is 0 Å². The Labute approximate surface area is 92.6 Å². The van der Waals surface area contributed by atoms with Crippen LogP contribution < -0.4 is 10.7 Å². The molecule has 1 rings (SSSR count). The average Bonchev–Trinajstić information content (AvgIpc) is 2.19. The smallest absolute Gasteiger partial charge is 0.145 e. The molecule has 1 heterocycles. The molecule has 0 aromatic rings. The van der Waals surface area contributed by atoms with Gasteiger partial charge in [0, 0.05) is 19.7 Å². The molecule has 0 aliphatic carbocycles. The molecule has 0 aromatic heterocycles. The van der Waals surface area contributed by atoms with Crippen LogP contribution in [0.1, 0.15) is 33.1 Å². The van der Waals surface area contributed by atoms with Crippen LogP contribution >= 0.6 is 0 Å². The molecule has 1 unspecified atom stereocenters. The van der Waals surface area contributed by atoms with Gasteiger partial charge in [-0.1, -0.05) is 6.58 Å². The first-order valence-electron chi connectivity index (χ1n) is 5.68. The molecule has 2 N–H and O–H groups in total. The Morgan fingerprint density at radius 2 is 2.20 bits per heavy atom. The van der Waals surface area contributed by atoms with Gasteiger partial charge in [-0.25, -0.2) is 5.43 Å². The normalized spacial score (nSPS) is 21.5. The lowest BCUT2D eigenvalue weighted by Gasteiger charge is -2.36. The number of rotatable bonds is 5. The molecule has 88 valence electrons. The summed E-state index contributed by atoms with van der Waals surface area (Å²) in [6.45, 7) is 9.05. The van der Waals surface area contributed by atoms with Crippen LogP contribution in [-0.4, -0.2) is 30.9 Å². The van der Waals surface area contributed by atoms with Crippen LogP contribution in [0.5, 0.6) is 0 Å². The molecule has 1 fully saturated rings. The maximum absolute atomic E-state index is 5.70. The van der Waals surface area contributed by atoms with E-state index < -0.39 is 0 Å². The van der Waals surface area contributed by atoms with E-state index in [4.69, 9.17) is 4.74 Å². The molecule has 4 heteroatoms. The van der Waals surface area contributed by atoms with Crippen LogP contribution in [0, 0.1) is 0 Å². The van der Waals surface area contributed by atoms with Crippen LogP contribution in [0.2, 0.25) is 0 Å². The number of hydrazine groups is 1. The maximum atomic E-state index is 5.70. The van der Waals surface area contributed by atoms with E-state index in [9.17, 15) is 0 Å². The first kappa shape index (κ1) is 12.3. The minimum absolute atomic E-state index is 0.113. The van der Waals surface area contributed by atoms with Crippen molar-refractivity contribution in [3.05, 3.63) is 12.4 Å². The predicted octanol–water partition coefficient (Wildman–Crippen LogP) is 1.42. The second-order valence-corrected chi connectivity index (χ2v) is 4.16. The van der Waals surface area contributed by atoms with E-state index in [0.717, 1.165) is 25.3 Å². The monoisotopic (exact) mass is 213 g/mol. The zero-order chi connectivity index (χ0) is 11.3. The van der Waals surface area contributed by atoms with Gasteiger partial charge in [0.2, 0.25) is 0 Å². The third-order valence-electron chi connectivity index (χ3n) is 2.43. The van der Waals surface area contributed by atoms with Crippen molar-refractivity contribution in [1.29, 1.82) is 0 Å². The lowest BCUT2D eigenvalue weighted by Crippen LogP contribution is -2.49. The summed E-state index contributed by atoms with van der Waals surface area (Å²) < 4.78 is 5.70. The second kappa shape index (κ2) is 5.98. The third-order valence-corrected chi connectivity index (χ3v) is 2.43. The first-order valence-corrected chi connectivity index (χ1v) is 5.68. The van der Waals surface area contributed by atoms with Gasteiger partial charge >= 0.3 is 0 Å². The Morgan fingerprint density at radius 1 is 1.47 bits per heavy atom. The summed E-state index contributed by atoms with van der Waals surface area (Å²) in [4.78, 5) is 0. The maximum Gasteiger partial charge on any atom is 0.145 e. The van der Waals surface area contributed by atoms with Gasteiger partial charge in [0.05, 0.1) is 0 Å². The molecular formula is C11H23N3O. The van der Waals surface area contributed by atoms with Gasteiger partial charge in [-0.2, -0.15) is 0 Å². The number of hydrogen-bond donors (Lipinski definition) is 2. The zero-order valence-electron chi connectivity index (χ0n) is 10.0.